The van der Waals surface area contributed by atoms with E-state index in [1.807, 2.05) is 6.07 Å². The van der Waals surface area contributed by atoms with Gasteiger partial charge >= 0.3 is 0 Å². The number of halogens is 1. The van der Waals surface area contributed by atoms with Gasteiger partial charge in [-0.05, 0) is 36.4 Å². The van der Waals surface area contributed by atoms with E-state index >= 15 is 0 Å². The first-order valence-corrected chi connectivity index (χ1v) is 6.16. The summed E-state index contributed by atoms with van der Waals surface area (Å²) in [4.78, 5) is 4.16. The fourth-order valence-corrected chi connectivity index (χ4v) is 2.00. The zero-order chi connectivity index (χ0) is 14.8. The topological polar surface area (TPSA) is 80.5 Å². The van der Waals surface area contributed by atoms with Gasteiger partial charge in [0.1, 0.15) is 29.0 Å². The van der Waals surface area contributed by atoms with Gasteiger partial charge in [-0.25, -0.2) is 9.37 Å². The fourth-order valence-electron chi connectivity index (χ4n) is 2.00. The summed E-state index contributed by atoms with van der Waals surface area (Å²) in [6.07, 6.45) is 1.61. The molecule has 0 bridgehead atoms. The summed E-state index contributed by atoms with van der Waals surface area (Å²) in [5.41, 5.74) is 7.24. The van der Waals surface area contributed by atoms with E-state index in [4.69, 9.17) is 5.73 Å². The van der Waals surface area contributed by atoms with Crippen molar-refractivity contribution in [2.75, 3.05) is 5.73 Å². The summed E-state index contributed by atoms with van der Waals surface area (Å²) in [5.74, 6) is 0.366. The zero-order valence-electron chi connectivity index (χ0n) is 10.9. The smallest absolute Gasteiger partial charge is 0.155 e. The number of aromatic nitrogens is 3. The van der Waals surface area contributed by atoms with Crippen molar-refractivity contribution in [1.29, 1.82) is 5.26 Å². The van der Waals surface area contributed by atoms with Crippen LogP contribution in [0, 0.1) is 17.1 Å². The fraction of sp³-hybridized carbons (Fsp3) is 0. The predicted octanol–water partition coefficient (Wildman–Crippen LogP) is 2.53. The molecule has 0 aliphatic rings. The highest BCUT2D eigenvalue weighted by molar-refractivity contribution is 5.73. The van der Waals surface area contributed by atoms with E-state index in [0.29, 0.717) is 17.1 Å². The van der Waals surface area contributed by atoms with Gasteiger partial charge < -0.3 is 5.73 Å². The number of hydrogen-bond donors (Lipinski definition) is 1. The predicted molar refractivity (Wildman–Crippen MR) is 75.9 cm³/mol. The molecule has 6 heteroatoms. The van der Waals surface area contributed by atoms with E-state index in [2.05, 4.69) is 10.1 Å². The lowest BCUT2D eigenvalue weighted by atomic mass is 10.1. The van der Waals surface area contributed by atoms with E-state index in [0.717, 1.165) is 0 Å². The minimum Gasteiger partial charge on any atom is -0.382 e. The molecule has 0 amide bonds. The third-order valence-electron chi connectivity index (χ3n) is 3.02. The Morgan fingerprint density at radius 3 is 2.52 bits per heavy atom. The minimum atomic E-state index is -0.352. The molecule has 3 aromatic rings. The van der Waals surface area contributed by atoms with Gasteiger partial charge in [-0.2, -0.15) is 15.0 Å². The maximum atomic E-state index is 13.0. The molecule has 0 saturated heterocycles. The van der Waals surface area contributed by atoms with E-state index in [9.17, 15) is 9.65 Å². The van der Waals surface area contributed by atoms with Gasteiger partial charge in [0.2, 0.25) is 0 Å². The van der Waals surface area contributed by atoms with Crippen LogP contribution in [0.1, 0.15) is 5.56 Å². The maximum Gasteiger partial charge on any atom is 0.155 e. The molecule has 2 heterocycles. The molecule has 0 spiro atoms. The van der Waals surface area contributed by atoms with Gasteiger partial charge in [-0.3, -0.25) is 0 Å². The van der Waals surface area contributed by atoms with Gasteiger partial charge in [0.05, 0.1) is 0 Å². The number of nitrogen functional groups attached to an aromatic ring is 1. The molecule has 102 valence electrons. The lowest BCUT2D eigenvalue weighted by Crippen LogP contribution is -2.03. The second kappa shape index (κ2) is 5.06. The van der Waals surface area contributed by atoms with Gasteiger partial charge in [0.15, 0.2) is 5.82 Å². The van der Waals surface area contributed by atoms with E-state index < -0.39 is 0 Å². The zero-order valence-corrected chi connectivity index (χ0v) is 10.9. The molecule has 0 atom stereocenters. The maximum absolute atomic E-state index is 13.0. The quantitative estimate of drug-likeness (QED) is 0.781. The van der Waals surface area contributed by atoms with Gasteiger partial charge in [0.25, 0.3) is 0 Å². The van der Waals surface area contributed by atoms with Gasteiger partial charge in [0, 0.05) is 11.8 Å². The first-order chi connectivity index (χ1) is 10.2. The van der Waals surface area contributed by atoms with Crippen molar-refractivity contribution < 1.29 is 4.39 Å². The van der Waals surface area contributed by atoms with Crippen LogP contribution in [0.5, 0.6) is 0 Å². The van der Waals surface area contributed by atoms with Crippen LogP contribution in [-0.2, 0) is 0 Å². The van der Waals surface area contributed by atoms with Crippen LogP contribution in [0.2, 0.25) is 0 Å². The van der Waals surface area contributed by atoms with Crippen LogP contribution in [-0.4, -0.2) is 14.8 Å². The standard InChI is InChI=1S/C15H10FN5/c16-11-6-4-10(5-7-11)14-12(9-17)15(18)21(20-14)13-3-1-2-8-19-13/h1-8H,18H2. The number of anilines is 1. The highest BCUT2D eigenvalue weighted by Gasteiger charge is 2.18. The second-order valence-electron chi connectivity index (χ2n) is 4.33. The summed E-state index contributed by atoms with van der Waals surface area (Å²) >= 11 is 0. The highest BCUT2D eigenvalue weighted by atomic mass is 19.1. The first kappa shape index (κ1) is 12.8. The number of nitriles is 1. The Balaban J connectivity index is 2.19. The number of benzene rings is 1. The summed E-state index contributed by atoms with van der Waals surface area (Å²) in [5, 5.41) is 13.6. The summed E-state index contributed by atoms with van der Waals surface area (Å²) < 4.78 is 14.4. The molecule has 3 rings (SSSR count). The molecule has 0 saturated carbocycles. The van der Waals surface area contributed by atoms with Crippen molar-refractivity contribution in [2.24, 2.45) is 0 Å². The number of hydrogen-bond acceptors (Lipinski definition) is 4. The van der Waals surface area contributed by atoms with Crippen molar-refractivity contribution in [3.05, 3.63) is 60.0 Å². The number of nitrogens with two attached hydrogens (primary N) is 1. The summed E-state index contributed by atoms with van der Waals surface area (Å²) in [7, 11) is 0. The van der Waals surface area contributed by atoms with Gasteiger partial charge in [-0.1, -0.05) is 6.07 Å². The molecule has 2 aromatic heterocycles. The first-order valence-electron chi connectivity index (χ1n) is 6.16. The third kappa shape index (κ3) is 2.21. The van der Waals surface area contributed by atoms with Crippen LogP contribution in [0.25, 0.3) is 17.1 Å². The molecule has 0 aliphatic carbocycles. The Labute approximate surface area is 120 Å². The molecule has 1 aromatic carbocycles. The SMILES string of the molecule is N#Cc1c(-c2ccc(F)cc2)nn(-c2ccccn2)c1N. The average molecular weight is 279 g/mol. The highest BCUT2D eigenvalue weighted by Crippen LogP contribution is 2.28. The van der Waals surface area contributed by atoms with Crippen LogP contribution in [0.4, 0.5) is 10.2 Å². The molecule has 2 N–H and O–H groups in total. The molecule has 0 fully saturated rings. The average Bonchev–Trinajstić information content (AvgIpc) is 2.85. The number of pyridine rings is 1. The molecule has 0 aliphatic heterocycles. The summed E-state index contributed by atoms with van der Waals surface area (Å²) in [6.45, 7) is 0. The van der Waals surface area contributed by atoms with E-state index in [1.54, 1.807) is 36.5 Å². The number of nitrogens with zero attached hydrogens (tertiary/aromatic N) is 4. The lowest BCUT2D eigenvalue weighted by Gasteiger charge is -2.01. The normalized spacial score (nSPS) is 10.3. The molecule has 0 radical (unpaired) electrons. The van der Waals surface area contributed by atoms with Crippen LogP contribution in [0.15, 0.2) is 48.7 Å². The van der Waals surface area contributed by atoms with Crippen molar-refractivity contribution in [1.82, 2.24) is 14.8 Å². The van der Waals surface area contributed by atoms with Crippen LogP contribution < -0.4 is 5.73 Å². The van der Waals surface area contributed by atoms with Crippen molar-refractivity contribution in [3.8, 4) is 23.1 Å². The molecule has 5 nitrogen and oxygen atoms in total. The second-order valence-corrected chi connectivity index (χ2v) is 4.33. The van der Waals surface area contributed by atoms with E-state index in [-0.39, 0.29) is 17.2 Å². The monoisotopic (exact) mass is 279 g/mol. The van der Waals surface area contributed by atoms with Crippen molar-refractivity contribution >= 4 is 5.82 Å². The van der Waals surface area contributed by atoms with Crippen LogP contribution in [0.3, 0.4) is 0 Å². The number of rotatable bonds is 2. The Morgan fingerprint density at radius 2 is 1.90 bits per heavy atom. The lowest BCUT2D eigenvalue weighted by molar-refractivity contribution is 0.628. The van der Waals surface area contributed by atoms with Crippen molar-refractivity contribution in [2.45, 2.75) is 0 Å². The molecule has 21 heavy (non-hydrogen) atoms. The van der Waals surface area contributed by atoms with Crippen LogP contribution >= 0.6 is 0 Å². The van der Waals surface area contributed by atoms with Gasteiger partial charge in [-0.15, -0.1) is 0 Å². The Hall–Kier alpha value is -3.20. The largest absolute Gasteiger partial charge is 0.382 e. The third-order valence-corrected chi connectivity index (χ3v) is 3.02. The Morgan fingerprint density at radius 1 is 1.14 bits per heavy atom. The molecular weight excluding hydrogens is 269 g/mol. The molecular formula is C15H10FN5. The Bertz CT molecular complexity index is 816. The van der Waals surface area contributed by atoms with E-state index in [1.165, 1.54) is 16.8 Å². The molecule has 0 unspecified atom stereocenters. The Kier molecular flexibility index (Phi) is 3.09. The minimum absolute atomic E-state index is 0.204. The summed E-state index contributed by atoms with van der Waals surface area (Å²) in [6, 6.07) is 13.1. The van der Waals surface area contributed by atoms with Crippen molar-refractivity contribution in [3.63, 3.8) is 0 Å².